The Kier molecular flexibility index (Phi) is 7.69. The number of ether oxygens (including phenoxy) is 1. The largest absolute Gasteiger partial charge is 0.497 e. The van der Waals surface area contributed by atoms with E-state index >= 15 is 0 Å². The van der Waals surface area contributed by atoms with Crippen molar-refractivity contribution < 1.29 is 9.53 Å². The zero-order valence-electron chi connectivity index (χ0n) is 18.7. The fourth-order valence-corrected chi connectivity index (χ4v) is 5.16. The van der Waals surface area contributed by atoms with Gasteiger partial charge in [0.25, 0.3) is 5.91 Å². The summed E-state index contributed by atoms with van der Waals surface area (Å²) in [4.78, 5) is 13.5. The van der Waals surface area contributed by atoms with E-state index in [1.165, 1.54) is 4.53 Å². The molecule has 2 aromatic rings. The van der Waals surface area contributed by atoms with Gasteiger partial charge in [0.05, 0.1) is 23.9 Å². The van der Waals surface area contributed by atoms with Gasteiger partial charge in [-0.1, -0.05) is 55.1 Å². The van der Waals surface area contributed by atoms with Gasteiger partial charge in [-0.25, -0.2) is 5.01 Å². The van der Waals surface area contributed by atoms with Gasteiger partial charge in [0.15, 0.2) is 0 Å². The van der Waals surface area contributed by atoms with E-state index in [2.05, 4.69) is 0 Å². The van der Waals surface area contributed by atoms with Crippen molar-refractivity contribution in [3.05, 3.63) is 58.1 Å². The average molecular weight is 510 g/mol. The third kappa shape index (κ3) is 5.09. The maximum absolute atomic E-state index is 13.5. The average Bonchev–Trinajstić information content (AvgIpc) is 2.98. The highest BCUT2D eigenvalue weighted by Crippen LogP contribution is 2.43. The predicted octanol–water partition coefficient (Wildman–Crippen LogP) is 6.33. The van der Waals surface area contributed by atoms with Gasteiger partial charge in [-0.3, -0.25) is 9.80 Å². The first-order valence-corrected chi connectivity index (χ1v) is 12.2. The summed E-state index contributed by atoms with van der Waals surface area (Å²) in [5.74, 6) is 0.217. The number of nitrogens with zero attached hydrogens (tertiary/aromatic N) is 4. The summed E-state index contributed by atoms with van der Waals surface area (Å²) in [5.41, 5.74) is 2.05. The highest BCUT2D eigenvalue weighted by Gasteiger charge is 2.42. The summed E-state index contributed by atoms with van der Waals surface area (Å²) in [6.07, 6.45) is 4.32. The van der Waals surface area contributed by atoms with E-state index in [9.17, 15) is 4.79 Å². The molecule has 0 unspecified atom stereocenters. The zero-order valence-corrected chi connectivity index (χ0v) is 20.9. The van der Waals surface area contributed by atoms with E-state index in [0.717, 1.165) is 50.1 Å². The quantitative estimate of drug-likeness (QED) is 0.442. The van der Waals surface area contributed by atoms with E-state index in [-0.39, 0.29) is 17.9 Å². The van der Waals surface area contributed by atoms with E-state index < -0.39 is 0 Å². The number of rotatable bonds is 5. The number of hydrazine groups is 1. The number of hydrogen-bond acceptors (Lipinski definition) is 5. The van der Waals surface area contributed by atoms with Gasteiger partial charge in [-0.2, -0.15) is 9.63 Å². The first kappa shape index (κ1) is 24.1. The Balaban J connectivity index is 1.70. The first-order chi connectivity index (χ1) is 15.9. The molecule has 0 aliphatic carbocycles. The highest BCUT2D eigenvalue weighted by atomic mass is 35.5. The molecule has 2 heterocycles. The molecule has 9 heteroatoms. The molecule has 176 valence electrons. The van der Waals surface area contributed by atoms with Crippen LogP contribution in [-0.4, -0.2) is 41.4 Å². The summed E-state index contributed by atoms with van der Waals surface area (Å²) in [6.45, 7) is 3.50. The summed E-state index contributed by atoms with van der Waals surface area (Å²) in [7, 11) is 1.63. The lowest BCUT2D eigenvalue weighted by Gasteiger charge is -2.29. The van der Waals surface area contributed by atoms with Crippen LogP contribution in [0.15, 0.2) is 47.6 Å². The molecule has 0 spiro atoms. The predicted molar refractivity (Wildman–Crippen MR) is 134 cm³/mol. The van der Waals surface area contributed by atoms with Gasteiger partial charge >= 0.3 is 0 Å². The molecule has 0 aromatic heterocycles. The summed E-state index contributed by atoms with van der Waals surface area (Å²) in [6, 6.07) is 12.8. The smallest absolute Gasteiger partial charge is 0.299 e. The Morgan fingerprint density at radius 2 is 1.73 bits per heavy atom. The van der Waals surface area contributed by atoms with Crippen molar-refractivity contribution in [2.24, 2.45) is 11.0 Å². The van der Waals surface area contributed by atoms with Crippen molar-refractivity contribution in [3.8, 4) is 5.75 Å². The molecule has 2 aromatic carbocycles. The Morgan fingerprint density at radius 3 is 2.33 bits per heavy atom. The summed E-state index contributed by atoms with van der Waals surface area (Å²) in [5, 5.41) is 9.46. The van der Waals surface area contributed by atoms with Crippen molar-refractivity contribution in [3.63, 3.8) is 0 Å². The minimum absolute atomic E-state index is 0.231. The van der Waals surface area contributed by atoms with Crippen LogP contribution in [0.2, 0.25) is 10.0 Å². The highest BCUT2D eigenvalue weighted by molar-refractivity contribution is 6.46. The molecule has 0 N–H and O–H groups in total. The van der Waals surface area contributed by atoms with E-state index in [4.69, 9.17) is 44.8 Å². The van der Waals surface area contributed by atoms with Gasteiger partial charge in [-0.05, 0) is 48.7 Å². The van der Waals surface area contributed by atoms with Crippen LogP contribution in [0.3, 0.4) is 0 Å². The number of hydrazone groups is 1. The summed E-state index contributed by atoms with van der Waals surface area (Å²) >= 11 is 19.2. The number of methoxy groups -OCH3 is 1. The van der Waals surface area contributed by atoms with E-state index in [1.807, 2.05) is 42.3 Å². The molecule has 2 atom stereocenters. The van der Waals surface area contributed by atoms with Crippen LogP contribution in [0.5, 0.6) is 5.75 Å². The molecule has 6 nitrogen and oxygen atoms in total. The van der Waals surface area contributed by atoms with Gasteiger partial charge in [0.1, 0.15) is 11.5 Å². The Labute approximate surface area is 209 Å². The number of hydrogen-bond donors (Lipinski definition) is 0. The molecule has 1 fully saturated rings. The molecular formula is C24H27Cl3N4O2. The number of carbonyl (C=O) groups is 1. The monoisotopic (exact) mass is 508 g/mol. The number of amides is 1. The van der Waals surface area contributed by atoms with E-state index in [1.54, 1.807) is 24.3 Å². The third-order valence-electron chi connectivity index (χ3n) is 6.22. The fourth-order valence-electron chi connectivity index (χ4n) is 4.42. The van der Waals surface area contributed by atoms with Gasteiger partial charge in [0, 0.05) is 35.8 Å². The second kappa shape index (κ2) is 10.5. The normalized spacial score (nSPS) is 21.5. The fraction of sp³-hybridized carbons (Fsp3) is 0.417. The van der Waals surface area contributed by atoms with Crippen LogP contribution in [0.4, 0.5) is 5.69 Å². The van der Waals surface area contributed by atoms with Crippen molar-refractivity contribution in [2.75, 3.05) is 25.2 Å². The maximum Gasteiger partial charge on any atom is 0.299 e. The third-order valence-corrected chi connectivity index (χ3v) is 7.12. The lowest BCUT2D eigenvalue weighted by Crippen LogP contribution is -2.44. The molecule has 0 saturated carbocycles. The minimum Gasteiger partial charge on any atom is -0.497 e. The molecule has 4 rings (SSSR count). The van der Waals surface area contributed by atoms with Crippen LogP contribution in [0, 0.1) is 5.92 Å². The zero-order chi connectivity index (χ0) is 23.5. The molecule has 2 aliphatic heterocycles. The molecule has 1 saturated heterocycles. The van der Waals surface area contributed by atoms with Gasteiger partial charge in [0.2, 0.25) is 0 Å². The van der Waals surface area contributed by atoms with Gasteiger partial charge < -0.3 is 4.74 Å². The van der Waals surface area contributed by atoms with Crippen LogP contribution >= 0.6 is 35.0 Å². The molecular weight excluding hydrogens is 483 g/mol. The van der Waals surface area contributed by atoms with Crippen LogP contribution < -0.4 is 9.75 Å². The van der Waals surface area contributed by atoms with Crippen molar-refractivity contribution in [1.29, 1.82) is 0 Å². The molecule has 0 radical (unpaired) electrons. The number of benzene rings is 2. The number of carbonyl (C=O) groups excluding carboxylic acids is 1. The Morgan fingerprint density at radius 1 is 1.06 bits per heavy atom. The minimum atomic E-state index is -0.308. The van der Waals surface area contributed by atoms with Crippen LogP contribution in [-0.2, 0) is 4.79 Å². The molecule has 0 bridgehead atoms. The molecule has 33 heavy (non-hydrogen) atoms. The first-order valence-electron chi connectivity index (χ1n) is 11.1. The molecule has 1 amide bonds. The second-order valence-electron chi connectivity index (χ2n) is 8.37. The van der Waals surface area contributed by atoms with Crippen LogP contribution in [0.25, 0.3) is 0 Å². The summed E-state index contributed by atoms with van der Waals surface area (Å²) < 4.78 is 6.53. The van der Waals surface area contributed by atoms with Crippen LogP contribution in [0.1, 0.15) is 44.2 Å². The lowest BCUT2D eigenvalue weighted by atomic mass is 9.91. The number of anilines is 1. The molecule has 2 aliphatic rings. The van der Waals surface area contributed by atoms with Crippen molar-refractivity contribution >= 4 is 52.3 Å². The SMILES string of the molecule is COc1ccc([C@H]2[C@H](C)C(C(=O)N(Cl)N3CCCCCC3)=NN2c2ccc(Cl)cc2Cl)cc1. The van der Waals surface area contributed by atoms with Crippen molar-refractivity contribution in [1.82, 2.24) is 9.54 Å². The Bertz CT molecular complexity index is 1020. The Hall–Kier alpha value is -1.99. The maximum atomic E-state index is 13.5. The van der Waals surface area contributed by atoms with E-state index in [0.29, 0.717) is 21.4 Å². The van der Waals surface area contributed by atoms with Crippen molar-refractivity contribution in [2.45, 2.75) is 38.6 Å². The topological polar surface area (TPSA) is 48.4 Å². The second-order valence-corrected chi connectivity index (χ2v) is 9.53. The standard InChI is InChI=1S/C24H27Cl3N4O2/c1-16-22(24(32)31(27)29-13-5-3-4-6-14-29)28-30(21-12-9-18(25)15-20(21)26)23(16)17-7-10-19(33-2)11-8-17/h7-12,15-16,23H,3-6,13-14H2,1-2H3/t16-,23-/m1/s1. The number of halogens is 3. The lowest BCUT2D eigenvalue weighted by molar-refractivity contribution is -0.130. The van der Waals surface area contributed by atoms with Gasteiger partial charge in [-0.15, -0.1) is 0 Å².